The zero-order valence-electron chi connectivity index (χ0n) is 9.56. The van der Waals surface area contributed by atoms with Gasteiger partial charge in [-0.3, -0.25) is 10.1 Å². The van der Waals surface area contributed by atoms with E-state index in [4.69, 9.17) is 9.84 Å². The molecule has 0 saturated carbocycles. The van der Waals surface area contributed by atoms with Crippen LogP contribution in [0.25, 0.3) is 0 Å². The van der Waals surface area contributed by atoms with Gasteiger partial charge in [0.05, 0.1) is 13.0 Å². The molecule has 0 fully saturated rings. The summed E-state index contributed by atoms with van der Waals surface area (Å²) in [6.45, 7) is -0.000158. The number of imide groups is 1. The molecule has 3 amide bonds. The molecule has 0 unspecified atom stereocenters. The largest absolute Gasteiger partial charge is 0.491 e. The number of rotatable bonds is 5. The molecular formula is C10H12N2O5S. The van der Waals surface area contributed by atoms with Crippen LogP contribution in [-0.2, 0) is 4.79 Å². The number of carbonyl (C=O) groups is 3. The van der Waals surface area contributed by atoms with Crippen LogP contribution in [0.4, 0.5) is 4.79 Å². The number of ether oxygens (including phenoxy) is 1. The zero-order valence-corrected chi connectivity index (χ0v) is 10.4. The van der Waals surface area contributed by atoms with Crippen molar-refractivity contribution in [3.8, 4) is 5.75 Å². The van der Waals surface area contributed by atoms with E-state index in [2.05, 4.69) is 10.6 Å². The van der Waals surface area contributed by atoms with Crippen LogP contribution < -0.4 is 15.4 Å². The van der Waals surface area contributed by atoms with Gasteiger partial charge in [0.1, 0.15) is 5.75 Å². The lowest BCUT2D eigenvalue weighted by Crippen LogP contribution is -2.37. The van der Waals surface area contributed by atoms with Gasteiger partial charge in [-0.2, -0.15) is 0 Å². The van der Waals surface area contributed by atoms with Gasteiger partial charge in [-0.25, -0.2) is 9.59 Å². The first kappa shape index (κ1) is 14.0. The molecule has 1 heterocycles. The van der Waals surface area contributed by atoms with Gasteiger partial charge in [-0.05, 0) is 11.4 Å². The highest BCUT2D eigenvalue weighted by atomic mass is 32.1. The van der Waals surface area contributed by atoms with Gasteiger partial charge in [0.2, 0.25) is 5.91 Å². The van der Waals surface area contributed by atoms with Gasteiger partial charge in [0.25, 0.3) is 0 Å². The molecule has 3 N–H and O–H groups in total. The zero-order chi connectivity index (χ0) is 13.5. The van der Waals surface area contributed by atoms with Gasteiger partial charge in [0.15, 0.2) is 4.88 Å². The van der Waals surface area contributed by atoms with Gasteiger partial charge >= 0.3 is 12.0 Å². The Morgan fingerprint density at radius 3 is 2.78 bits per heavy atom. The van der Waals surface area contributed by atoms with Crippen LogP contribution in [-0.4, -0.2) is 36.7 Å². The number of hydrogen-bond donors (Lipinski definition) is 3. The Morgan fingerprint density at radius 1 is 1.44 bits per heavy atom. The van der Waals surface area contributed by atoms with Crippen molar-refractivity contribution in [2.45, 2.75) is 6.42 Å². The highest BCUT2D eigenvalue weighted by molar-refractivity contribution is 7.12. The minimum absolute atomic E-state index is 0.000158. The molecule has 0 spiro atoms. The van der Waals surface area contributed by atoms with Crippen LogP contribution in [0.15, 0.2) is 11.4 Å². The molecule has 0 saturated heterocycles. The third kappa shape index (κ3) is 4.06. The first-order valence-corrected chi connectivity index (χ1v) is 5.87. The Morgan fingerprint density at radius 2 is 2.17 bits per heavy atom. The number of hydrogen-bond acceptors (Lipinski definition) is 5. The summed E-state index contributed by atoms with van der Waals surface area (Å²) in [6, 6.07) is 0.923. The minimum atomic E-state index is -1.07. The fraction of sp³-hybridized carbons (Fsp3) is 0.300. The molecular weight excluding hydrogens is 260 g/mol. The van der Waals surface area contributed by atoms with Crippen molar-refractivity contribution < 1.29 is 24.2 Å². The number of nitrogens with one attached hydrogen (secondary N) is 2. The summed E-state index contributed by atoms with van der Waals surface area (Å²) in [4.78, 5) is 32.8. The second-order valence-corrected chi connectivity index (χ2v) is 4.06. The first-order chi connectivity index (χ1) is 8.54. The van der Waals surface area contributed by atoms with Crippen molar-refractivity contribution in [2.75, 3.05) is 13.7 Å². The summed E-state index contributed by atoms with van der Waals surface area (Å²) in [5.74, 6) is -1.35. The van der Waals surface area contributed by atoms with E-state index < -0.39 is 17.9 Å². The SMILES string of the molecule is CNC(=O)NC(=O)CCOc1ccsc1C(=O)O. The molecule has 98 valence electrons. The molecule has 1 aromatic rings. The second-order valence-electron chi connectivity index (χ2n) is 3.14. The highest BCUT2D eigenvalue weighted by Gasteiger charge is 2.13. The number of carboxylic acids is 1. The van der Waals surface area contributed by atoms with E-state index in [0.717, 1.165) is 11.3 Å². The molecule has 8 heteroatoms. The van der Waals surface area contributed by atoms with Crippen LogP contribution in [0.1, 0.15) is 16.1 Å². The van der Waals surface area contributed by atoms with Crippen molar-refractivity contribution in [1.82, 2.24) is 10.6 Å². The summed E-state index contributed by atoms with van der Waals surface area (Å²) in [6.07, 6.45) is -0.0394. The Balaban J connectivity index is 2.37. The Hall–Kier alpha value is -2.09. The van der Waals surface area contributed by atoms with Gasteiger partial charge < -0.3 is 15.2 Å². The van der Waals surface area contributed by atoms with E-state index in [0.29, 0.717) is 0 Å². The third-order valence-electron chi connectivity index (χ3n) is 1.89. The summed E-state index contributed by atoms with van der Waals surface area (Å²) < 4.78 is 5.16. The molecule has 0 aliphatic heterocycles. The monoisotopic (exact) mass is 272 g/mol. The predicted octanol–water partition coefficient (Wildman–Crippen LogP) is 0.671. The summed E-state index contributed by atoms with van der Waals surface area (Å²) in [5, 5.41) is 14.7. The number of carbonyl (C=O) groups excluding carboxylic acids is 2. The van der Waals surface area contributed by atoms with Crippen LogP contribution in [0, 0.1) is 0 Å². The molecule has 0 aliphatic carbocycles. The number of urea groups is 1. The smallest absolute Gasteiger partial charge is 0.349 e. The van der Waals surface area contributed by atoms with Crippen molar-refractivity contribution in [3.63, 3.8) is 0 Å². The van der Waals surface area contributed by atoms with Crippen LogP contribution in [0.2, 0.25) is 0 Å². The van der Waals surface area contributed by atoms with Crippen molar-refractivity contribution in [1.29, 1.82) is 0 Å². The average molecular weight is 272 g/mol. The molecule has 0 atom stereocenters. The van der Waals surface area contributed by atoms with E-state index >= 15 is 0 Å². The molecule has 1 rings (SSSR count). The molecule has 0 aromatic carbocycles. The molecule has 0 radical (unpaired) electrons. The normalized spacial score (nSPS) is 9.61. The van der Waals surface area contributed by atoms with E-state index in [9.17, 15) is 14.4 Å². The number of thiophene rings is 1. The topological polar surface area (TPSA) is 105 Å². The fourth-order valence-electron chi connectivity index (χ4n) is 1.07. The summed E-state index contributed by atoms with van der Waals surface area (Å²) in [5.41, 5.74) is 0. The lowest BCUT2D eigenvalue weighted by molar-refractivity contribution is -0.120. The molecule has 7 nitrogen and oxygen atoms in total. The van der Waals surface area contributed by atoms with Gasteiger partial charge in [-0.15, -0.1) is 11.3 Å². The van der Waals surface area contributed by atoms with Crippen molar-refractivity contribution >= 4 is 29.2 Å². The lowest BCUT2D eigenvalue weighted by atomic mass is 10.4. The third-order valence-corrected chi connectivity index (χ3v) is 2.77. The van der Waals surface area contributed by atoms with Gasteiger partial charge in [0, 0.05) is 7.05 Å². The number of amides is 3. The van der Waals surface area contributed by atoms with Crippen molar-refractivity contribution in [2.24, 2.45) is 0 Å². The quantitative estimate of drug-likeness (QED) is 0.730. The second kappa shape index (κ2) is 6.60. The summed E-state index contributed by atoms with van der Waals surface area (Å²) in [7, 11) is 1.39. The molecule has 18 heavy (non-hydrogen) atoms. The van der Waals surface area contributed by atoms with E-state index in [-0.39, 0.29) is 23.7 Å². The summed E-state index contributed by atoms with van der Waals surface area (Å²) >= 11 is 1.04. The van der Waals surface area contributed by atoms with Gasteiger partial charge in [-0.1, -0.05) is 0 Å². The maximum Gasteiger partial charge on any atom is 0.349 e. The van der Waals surface area contributed by atoms with Crippen molar-refractivity contribution in [3.05, 3.63) is 16.3 Å². The van der Waals surface area contributed by atoms with E-state index in [1.54, 1.807) is 5.38 Å². The van der Waals surface area contributed by atoms with E-state index in [1.807, 2.05) is 0 Å². The Kier molecular flexibility index (Phi) is 5.12. The minimum Gasteiger partial charge on any atom is -0.491 e. The van der Waals surface area contributed by atoms with Crippen LogP contribution in [0.3, 0.4) is 0 Å². The molecule has 0 aliphatic rings. The average Bonchev–Trinajstić information content (AvgIpc) is 2.77. The molecule has 1 aromatic heterocycles. The number of carboxylic acid groups (broad SMARTS) is 1. The first-order valence-electron chi connectivity index (χ1n) is 4.99. The van der Waals surface area contributed by atoms with Crippen LogP contribution >= 0.6 is 11.3 Å². The maximum atomic E-state index is 11.2. The highest BCUT2D eigenvalue weighted by Crippen LogP contribution is 2.24. The Bertz CT molecular complexity index is 457. The standard InChI is InChI=1S/C10H12N2O5S/c1-11-10(16)12-7(13)2-4-17-6-3-5-18-8(6)9(14)15/h3,5H,2,4H2,1H3,(H,14,15)(H2,11,12,13,16). The Labute approximate surface area is 107 Å². The van der Waals surface area contributed by atoms with E-state index in [1.165, 1.54) is 13.1 Å². The maximum absolute atomic E-state index is 11.2. The predicted molar refractivity (Wildman–Crippen MR) is 64.0 cm³/mol. The lowest BCUT2D eigenvalue weighted by Gasteiger charge is -2.05. The fourth-order valence-corrected chi connectivity index (χ4v) is 1.74. The number of aromatic carboxylic acids is 1. The molecule has 0 bridgehead atoms. The van der Waals surface area contributed by atoms with Crippen LogP contribution in [0.5, 0.6) is 5.75 Å².